The molecule has 0 amide bonds. The molecule has 4 heteroatoms. The van der Waals surface area contributed by atoms with Gasteiger partial charge >= 0.3 is 5.97 Å². The average molecular weight is 242 g/mol. The van der Waals surface area contributed by atoms with Crippen molar-refractivity contribution in [2.24, 2.45) is 0 Å². The fourth-order valence-electron chi connectivity index (χ4n) is 1.16. The molecule has 0 fully saturated rings. The van der Waals surface area contributed by atoms with Crippen molar-refractivity contribution in [1.82, 2.24) is 0 Å². The van der Waals surface area contributed by atoms with Crippen LogP contribution < -0.4 is 0 Å². The number of ether oxygens (including phenoxy) is 2. The van der Waals surface area contributed by atoms with Gasteiger partial charge < -0.3 is 9.47 Å². The molecular formula is C12H18O3S. The van der Waals surface area contributed by atoms with Gasteiger partial charge in [0.15, 0.2) is 0 Å². The Kier molecular flexibility index (Phi) is 6.85. The summed E-state index contributed by atoms with van der Waals surface area (Å²) in [6, 6.07) is 4.08. The van der Waals surface area contributed by atoms with Gasteiger partial charge in [0.1, 0.15) is 6.61 Å². The standard InChI is InChI=1S/C12H18O3S/c1-2-3-7-15-12(13)10-14-8-6-11-5-4-9-16-11/h4-5,9H,2-3,6-8,10H2,1H3. The van der Waals surface area contributed by atoms with E-state index in [0.29, 0.717) is 13.2 Å². The molecule has 0 unspecified atom stereocenters. The van der Waals surface area contributed by atoms with Crippen molar-refractivity contribution in [2.75, 3.05) is 19.8 Å². The Hall–Kier alpha value is -0.870. The Morgan fingerprint density at radius 3 is 3.00 bits per heavy atom. The second-order valence-corrected chi connectivity index (χ2v) is 4.49. The Bertz CT molecular complexity index is 282. The summed E-state index contributed by atoms with van der Waals surface area (Å²) < 4.78 is 10.2. The number of carbonyl (C=O) groups is 1. The third-order valence-electron chi connectivity index (χ3n) is 2.05. The van der Waals surface area contributed by atoms with E-state index in [9.17, 15) is 4.79 Å². The third-order valence-corrected chi connectivity index (χ3v) is 2.99. The molecule has 90 valence electrons. The van der Waals surface area contributed by atoms with Crippen LogP contribution in [0.5, 0.6) is 0 Å². The first-order valence-corrected chi connectivity index (χ1v) is 6.46. The highest BCUT2D eigenvalue weighted by Gasteiger charge is 2.02. The van der Waals surface area contributed by atoms with Gasteiger partial charge in [-0.1, -0.05) is 19.4 Å². The monoisotopic (exact) mass is 242 g/mol. The molecule has 0 spiro atoms. The molecule has 1 aromatic heterocycles. The van der Waals surface area contributed by atoms with Crippen molar-refractivity contribution in [3.63, 3.8) is 0 Å². The van der Waals surface area contributed by atoms with Crippen LogP contribution in [-0.2, 0) is 20.7 Å². The predicted molar refractivity (Wildman–Crippen MR) is 64.7 cm³/mol. The van der Waals surface area contributed by atoms with Crippen LogP contribution in [0.15, 0.2) is 17.5 Å². The van der Waals surface area contributed by atoms with Gasteiger partial charge in [0.25, 0.3) is 0 Å². The van der Waals surface area contributed by atoms with E-state index >= 15 is 0 Å². The normalized spacial score (nSPS) is 10.3. The van der Waals surface area contributed by atoms with Crippen LogP contribution in [0, 0.1) is 0 Å². The highest BCUT2D eigenvalue weighted by Crippen LogP contribution is 2.08. The summed E-state index contributed by atoms with van der Waals surface area (Å²) in [5.74, 6) is -0.264. The summed E-state index contributed by atoms with van der Waals surface area (Å²) >= 11 is 1.70. The molecular weight excluding hydrogens is 224 g/mol. The van der Waals surface area contributed by atoms with Crippen molar-refractivity contribution in [3.05, 3.63) is 22.4 Å². The van der Waals surface area contributed by atoms with Gasteiger partial charge in [-0.05, 0) is 17.9 Å². The zero-order valence-electron chi connectivity index (χ0n) is 9.61. The fourth-order valence-corrected chi connectivity index (χ4v) is 1.85. The van der Waals surface area contributed by atoms with E-state index < -0.39 is 0 Å². The van der Waals surface area contributed by atoms with E-state index in [2.05, 4.69) is 13.0 Å². The van der Waals surface area contributed by atoms with Crippen LogP contribution >= 0.6 is 11.3 Å². The minimum Gasteiger partial charge on any atom is -0.464 e. The SMILES string of the molecule is CCCCOC(=O)COCCc1cccs1. The number of carbonyl (C=O) groups excluding carboxylic acids is 1. The third kappa shape index (κ3) is 5.88. The number of thiophene rings is 1. The Morgan fingerprint density at radius 2 is 2.31 bits per heavy atom. The molecule has 0 aliphatic carbocycles. The van der Waals surface area contributed by atoms with Crippen LogP contribution in [0.3, 0.4) is 0 Å². The highest BCUT2D eigenvalue weighted by molar-refractivity contribution is 7.09. The van der Waals surface area contributed by atoms with Crippen LogP contribution in [0.25, 0.3) is 0 Å². The number of esters is 1. The summed E-state index contributed by atoms with van der Waals surface area (Å²) in [6.07, 6.45) is 2.81. The maximum Gasteiger partial charge on any atom is 0.332 e. The van der Waals surface area contributed by atoms with Crippen LogP contribution in [0.1, 0.15) is 24.6 Å². The van der Waals surface area contributed by atoms with E-state index in [4.69, 9.17) is 9.47 Å². The van der Waals surface area contributed by atoms with Crippen molar-refractivity contribution in [3.8, 4) is 0 Å². The lowest BCUT2D eigenvalue weighted by atomic mass is 10.4. The molecule has 1 heterocycles. The number of rotatable bonds is 8. The summed E-state index contributed by atoms with van der Waals surface area (Å²) in [5, 5.41) is 2.04. The number of unbranched alkanes of at least 4 members (excludes halogenated alkanes) is 1. The van der Waals surface area contributed by atoms with Gasteiger partial charge in [-0.25, -0.2) is 4.79 Å². The molecule has 1 rings (SSSR count). The van der Waals surface area contributed by atoms with Gasteiger partial charge in [0.05, 0.1) is 13.2 Å². The quantitative estimate of drug-likeness (QED) is 0.519. The zero-order valence-corrected chi connectivity index (χ0v) is 10.4. The Morgan fingerprint density at radius 1 is 1.44 bits per heavy atom. The summed E-state index contributed by atoms with van der Waals surface area (Å²) in [4.78, 5) is 12.4. The molecule has 0 saturated heterocycles. The summed E-state index contributed by atoms with van der Waals surface area (Å²) in [5.41, 5.74) is 0. The molecule has 0 atom stereocenters. The second-order valence-electron chi connectivity index (χ2n) is 3.46. The molecule has 0 saturated carbocycles. The Balaban J connectivity index is 1.96. The lowest BCUT2D eigenvalue weighted by Crippen LogP contribution is -2.14. The largest absolute Gasteiger partial charge is 0.464 e. The predicted octanol–water partition coefficient (Wildman–Crippen LogP) is 2.65. The van der Waals surface area contributed by atoms with Gasteiger partial charge in [-0.15, -0.1) is 11.3 Å². The van der Waals surface area contributed by atoms with Crippen LogP contribution in [0.4, 0.5) is 0 Å². The first kappa shape index (κ1) is 13.2. The molecule has 16 heavy (non-hydrogen) atoms. The first-order valence-electron chi connectivity index (χ1n) is 5.58. The van der Waals surface area contributed by atoms with Crippen molar-refractivity contribution in [1.29, 1.82) is 0 Å². The average Bonchev–Trinajstić information content (AvgIpc) is 2.78. The van der Waals surface area contributed by atoms with Crippen molar-refractivity contribution < 1.29 is 14.3 Å². The van der Waals surface area contributed by atoms with Crippen LogP contribution in [-0.4, -0.2) is 25.8 Å². The maximum absolute atomic E-state index is 11.1. The fraction of sp³-hybridized carbons (Fsp3) is 0.583. The molecule has 0 aromatic carbocycles. The maximum atomic E-state index is 11.1. The lowest BCUT2D eigenvalue weighted by Gasteiger charge is -2.04. The first-order chi connectivity index (χ1) is 7.83. The van der Waals surface area contributed by atoms with Gasteiger partial charge in [0.2, 0.25) is 0 Å². The van der Waals surface area contributed by atoms with E-state index in [1.165, 1.54) is 4.88 Å². The van der Waals surface area contributed by atoms with E-state index in [-0.39, 0.29) is 12.6 Å². The molecule has 0 bridgehead atoms. The summed E-state index contributed by atoms with van der Waals surface area (Å²) in [7, 11) is 0. The molecule has 0 aliphatic heterocycles. The van der Waals surface area contributed by atoms with Gasteiger partial charge in [0, 0.05) is 11.3 Å². The smallest absolute Gasteiger partial charge is 0.332 e. The molecule has 1 aromatic rings. The number of hydrogen-bond donors (Lipinski definition) is 0. The summed E-state index contributed by atoms with van der Waals surface area (Å²) in [6.45, 7) is 3.20. The molecule has 3 nitrogen and oxygen atoms in total. The molecule has 0 N–H and O–H groups in total. The molecule has 0 aliphatic rings. The lowest BCUT2D eigenvalue weighted by molar-refractivity contribution is -0.149. The topological polar surface area (TPSA) is 35.5 Å². The van der Waals surface area contributed by atoms with Gasteiger partial charge in [-0.3, -0.25) is 0 Å². The Labute approximate surface area is 100 Å². The van der Waals surface area contributed by atoms with E-state index in [1.807, 2.05) is 11.4 Å². The highest BCUT2D eigenvalue weighted by atomic mass is 32.1. The van der Waals surface area contributed by atoms with Gasteiger partial charge in [-0.2, -0.15) is 0 Å². The number of hydrogen-bond acceptors (Lipinski definition) is 4. The zero-order chi connectivity index (χ0) is 11.6. The minimum atomic E-state index is -0.264. The van der Waals surface area contributed by atoms with E-state index in [0.717, 1.165) is 19.3 Å². The minimum absolute atomic E-state index is 0.0646. The van der Waals surface area contributed by atoms with Crippen molar-refractivity contribution in [2.45, 2.75) is 26.2 Å². The molecule has 0 radical (unpaired) electrons. The van der Waals surface area contributed by atoms with E-state index in [1.54, 1.807) is 11.3 Å². The van der Waals surface area contributed by atoms with Crippen LogP contribution in [0.2, 0.25) is 0 Å². The second kappa shape index (κ2) is 8.30. The van der Waals surface area contributed by atoms with Crippen molar-refractivity contribution >= 4 is 17.3 Å².